The third-order valence-electron chi connectivity index (χ3n) is 3.79. The van der Waals surface area contributed by atoms with E-state index in [4.69, 9.17) is 9.47 Å². The number of halogens is 4. The van der Waals surface area contributed by atoms with Gasteiger partial charge in [0.25, 0.3) is 0 Å². The number of rotatable bonds is 5. The minimum Gasteiger partial charge on any atom is -0.488 e. The fourth-order valence-electron chi connectivity index (χ4n) is 2.53. The molecular formula is C19H18F3IO3. The Labute approximate surface area is 163 Å². The molecule has 26 heavy (non-hydrogen) atoms. The summed E-state index contributed by atoms with van der Waals surface area (Å²) in [6.07, 6.45) is -3.72. The number of alkyl halides is 3. The normalized spacial score (nSPS) is 11.3. The summed E-state index contributed by atoms with van der Waals surface area (Å²) in [4.78, 5) is 11.2. The van der Waals surface area contributed by atoms with E-state index in [0.717, 1.165) is 34.1 Å². The second-order valence-electron chi connectivity index (χ2n) is 5.73. The number of carbonyl (C=O) groups excluding carboxylic acids is 1. The molecule has 0 fully saturated rings. The summed E-state index contributed by atoms with van der Waals surface area (Å²) in [5, 5.41) is 0. The molecule has 0 heterocycles. The predicted octanol–water partition coefficient (Wildman–Crippen LogP) is 5.69. The Balaban J connectivity index is 2.39. The summed E-state index contributed by atoms with van der Waals surface area (Å²) in [6.45, 7) is 4.65. The van der Waals surface area contributed by atoms with E-state index in [-0.39, 0.29) is 17.9 Å². The van der Waals surface area contributed by atoms with Crippen LogP contribution in [0.4, 0.5) is 13.2 Å². The zero-order valence-electron chi connectivity index (χ0n) is 14.5. The lowest BCUT2D eigenvalue weighted by molar-refractivity contribution is -0.139. The lowest BCUT2D eigenvalue weighted by atomic mass is 10.1. The molecule has 0 aromatic heterocycles. The van der Waals surface area contributed by atoms with Gasteiger partial charge in [-0.3, -0.25) is 4.79 Å². The van der Waals surface area contributed by atoms with Gasteiger partial charge in [0.05, 0.1) is 5.56 Å². The molecular weight excluding hydrogens is 460 g/mol. The predicted molar refractivity (Wildman–Crippen MR) is 100 cm³/mol. The van der Waals surface area contributed by atoms with E-state index in [9.17, 15) is 18.0 Å². The number of ether oxygens (including phenoxy) is 2. The molecule has 0 bridgehead atoms. The molecule has 140 valence electrons. The van der Waals surface area contributed by atoms with Crippen molar-refractivity contribution in [1.29, 1.82) is 0 Å². The Kier molecular flexibility index (Phi) is 6.54. The van der Waals surface area contributed by atoms with Gasteiger partial charge in [-0.2, -0.15) is 13.2 Å². The van der Waals surface area contributed by atoms with Crippen molar-refractivity contribution in [3.8, 4) is 11.5 Å². The van der Waals surface area contributed by atoms with Crippen LogP contribution in [-0.4, -0.2) is 5.97 Å². The maximum absolute atomic E-state index is 13.3. The molecule has 0 atom stereocenters. The van der Waals surface area contributed by atoms with E-state index in [2.05, 4.69) is 22.6 Å². The number of aryl methyl sites for hydroxylation is 2. The van der Waals surface area contributed by atoms with Crippen molar-refractivity contribution in [2.24, 2.45) is 0 Å². The highest BCUT2D eigenvalue weighted by Gasteiger charge is 2.35. The Morgan fingerprint density at radius 2 is 1.88 bits per heavy atom. The lowest BCUT2D eigenvalue weighted by Gasteiger charge is -2.18. The molecule has 2 aromatic carbocycles. The van der Waals surface area contributed by atoms with Gasteiger partial charge in [-0.05, 0) is 65.3 Å². The zero-order valence-corrected chi connectivity index (χ0v) is 16.7. The highest BCUT2D eigenvalue weighted by Crippen LogP contribution is 2.37. The van der Waals surface area contributed by atoms with Crippen LogP contribution < -0.4 is 9.47 Å². The minimum absolute atomic E-state index is 0.148. The molecule has 0 saturated heterocycles. The molecule has 0 saturated carbocycles. The number of hydrogen-bond donors (Lipinski definition) is 0. The van der Waals surface area contributed by atoms with Gasteiger partial charge in [0.1, 0.15) is 18.1 Å². The van der Waals surface area contributed by atoms with Crippen LogP contribution in [-0.2, 0) is 24.0 Å². The largest absolute Gasteiger partial charge is 0.488 e. The van der Waals surface area contributed by atoms with Gasteiger partial charge in [-0.25, -0.2) is 0 Å². The third kappa shape index (κ3) is 4.90. The van der Waals surface area contributed by atoms with Crippen molar-refractivity contribution in [1.82, 2.24) is 0 Å². The first kappa shape index (κ1) is 20.5. The maximum Gasteiger partial charge on any atom is 0.416 e. The Morgan fingerprint density at radius 1 is 1.19 bits per heavy atom. The molecule has 0 aliphatic heterocycles. The molecule has 0 radical (unpaired) electrons. The quantitative estimate of drug-likeness (QED) is 0.315. The Morgan fingerprint density at radius 3 is 2.46 bits per heavy atom. The summed E-state index contributed by atoms with van der Waals surface area (Å²) >= 11 is 2.17. The highest BCUT2D eigenvalue weighted by molar-refractivity contribution is 14.1. The summed E-state index contributed by atoms with van der Waals surface area (Å²) in [5.74, 6) is -0.342. The molecule has 2 aromatic rings. The molecule has 0 N–H and O–H groups in total. The summed E-state index contributed by atoms with van der Waals surface area (Å²) in [5.41, 5.74) is 0.894. The van der Waals surface area contributed by atoms with Crippen molar-refractivity contribution in [3.05, 3.63) is 56.2 Å². The molecule has 0 aliphatic rings. The molecule has 7 heteroatoms. The second kappa shape index (κ2) is 8.28. The van der Waals surface area contributed by atoms with E-state index >= 15 is 0 Å². The molecule has 0 aliphatic carbocycles. The third-order valence-corrected chi connectivity index (χ3v) is 4.79. The summed E-state index contributed by atoms with van der Waals surface area (Å²) in [7, 11) is 0. The smallest absolute Gasteiger partial charge is 0.416 e. The Bertz CT molecular complexity index is 816. The minimum atomic E-state index is -4.58. The maximum atomic E-state index is 13.3. The number of hydrogen-bond acceptors (Lipinski definition) is 3. The van der Waals surface area contributed by atoms with Crippen LogP contribution in [0.25, 0.3) is 0 Å². The average Bonchev–Trinajstić information content (AvgIpc) is 2.54. The van der Waals surface area contributed by atoms with Gasteiger partial charge >= 0.3 is 12.1 Å². The van der Waals surface area contributed by atoms with Crippen LogP contribution >= 0.6 is 22.6 Å². The highest BCUT2D eigenvalue weighted by atomic mass is 127. The van der Waals surface area contributed by atoms with E-state index in [1.807, 2.05) is 19.9 Å². The first-order chi connectivity index (χ1) is 12.1. The van der Waals surface area contributed by atoms with Gasteiger partial charge in [0.2, 0.25) is 0 Å². The SMILES string of the molecule is CCc1cc(C)c(OCc2c(OC(C)=O)cccc2C(F)(F)F)cc1I. The monoisotopic (exact) mass is 478 g/mol. The van der Waals surface area contributed by atoms with Crippen LogP contribution in [0, 0.1) is 10.5 Å². The molecule has 0 spiro atoms. The van der Waals surface area contributed by atoms with Crippen molar-refractivity contribution in [2.45, 2.75) is 40.0 Å². The fourth-order valence-corrected chi connectivity index (χ4v) is 3.35. The van der Waals surface area contributed by atoms with Crippen LogP contribution in [0.2, 0.25) is 0 Å². The molecule has 0 amide bonds. The summed E-state index contributed by atoms with van der Waals surface area (Å²) in [6, 6.07) is 7.24. The first-order valence-electron chi connectivity index (χ1n) is 7.92. The van der Waals surface area contributed by atoms with Crippen LogP contribution in [0.1, 0.15) is 36.1 Å². The molecule has 0 unspecified atom stereocenters. The van der Waals surface area contributed by atoms with Gasteiger partial charge in [0, 0.05) is 16.1 Å². The van der Waals surface area contributed by atoms with E-state index < -0.39 is 17.7 Å². The van der Waals surface area contributed by atoms with E-state index in [1.165, 1.54) is 12.1 Å². The molecule has 3 nitrogen and oxygen atoms in total. The van der Waals surface area contributed by atoms with Crippen LogP contribution in [0.3, 0.4) is 0 Å². The van der Waals surface area contributed by atoms with Gasteiger partial charge in [-0.15, -0.1) is 0 Å². The summed E-state index contributed by atoms with van der Waals surface area (Å²) < 4.78 is 51.6. The van der Waals surface area contributed by atoms with E-state index in [0.29, 0.717) is 5.75 Å². The standard InChI is InChI=1S/C19H18F3IO3/c1-4-13-8-11(2)18(9-16(13)23)25-10-14-15(19(20,21)22)6-5-7-17(14)26-12(3)24/h5-9H,4,10H2,1-3H3. The number of carbonyl (C=O) groups is 1. The van der Waals surface area contributed by atoms with Crippen molar-refractivity contribution >= 4 is 28.6 Å². The van der Waals surface area contributed by atoms with Crippen molar-refractivity contribution < 1.29 is 27.4 Å². The van der Waals surface area contributed by atoms with E-state index in [1.54, 1.807) is 6.07 Å². The number of esters is 1. The van der Waals surface area contributed by atoms with Gasteiger partial charge < -0.3 is 9.47 Å². The van der Waals surface area contributed by atoms with Crippen molar-refractivity contribution in [3.63, 3.8) is 0 Å². The second-order valence-corrected chi connectivity index (χ2v) is 6.89. The first-order valence-corrected chi connectivity index (χ1v) is 9.00. The molecule has 2 rings (SSSR count). The fraction of sp³-hybridized carbons (Fsp3) is 0.316. The number of benzene rings is 2. The average molecular weight is 478 g/mol. The zero-order chi connectivity index (χ0) is 19.5. The van der Waals surface area contributed by atoms with Crippen LogP contribution in [0.15, 0.2) is 30.3 Å². The van der Waals surface area contributed by atoms with Gasteiger partial charge in [0.15, 0.2) is 0 Å². The van der Waals surface area contributed by atoms with Gasteiger partial charge in [-0.1, -0.05) is 19.1 Å². The lowest BCUT2D eigenvalue weighted by Crippen LogP contribution is -2.14. The van der Waals surface area contributed by atoms with Crippen molar-refractivity contribution in [2.75, 3.05) is 0 Å². The van der Waals surface area contributed by atoms with Crippen LogP contribution in [0.5, 0.6) is 11.5 Å². The topological polar surface area (TPSA) is 35.5 Å². The Hall–Kier alpha value is -1.77.